The summed E-state index contributed by atoms with van der Waals surface area (Å²) >= 11 is 0. The molecule has 0 radical (unpaired) electrons. The molecule has 4 atom stereocenters. The molecule has 0 bridgehead atoms. The summed E-state index contributed by atoms with van der Waals surface area (Å²) < 4.78 is 22.2. The lowest BCUT2D eigenvalue weighted by atomic mass is 9.81. The van der Waals surface area contributed by atoms with Crippen molar-refractivity contribution in [3.05, 3.63) is 29.8 Å². The van der Waals surface area contributed by atoms with Crippen molar-refractivity contribution in [2.24, 2.45) is 0 Å². The molecule has 0 saturated heterocycles. The van der Waals surface area contributed by atoms with E-state index in [1.54, 1.807) is 7.11 Å². The van der Waals surface area contributed by atoms with Crippen molar-refractivity contribution in [2.45, 2.75) is 77.5 Å². The quantitative estimate of drug-likeness (QED) is 0.514. The van der Waals surface area contributed by atoms with Crippen molar-refractivity contribution in [3.63, 3.8) is 0 Å². The summed E-state index contributed by atoms with van der Waals surface area (Å²) in [5.74, 6) is 0.848. The van der Waals surface area contributed by atoms with E-state index >= 15 is 0 Å². The Kier molecular flexibility index (Phi) is 7.72. The van der Waals surface area contributed by atoms with Gasteiger partial charge in [-0.25, -0.2) is 0 Å². The van der Waals surface area contributed by atoms with Crippen LogP contribution >= 0.6 is 0 Å². The van der Waals surface area contributed by atoms with E-state index in [1.807, 2.05) is 39.0 Å². The van der Waals surface area contributed by atoms with Gasteiger partial charge in [-0.15, -0.1) is 0 Å². The normalized spacial score (nSPS) is 22.9. The molecule has 4 unspecified atom stereocenters. The van der Waals surface area contributed by atoms with Gasteiger partial charge in [-0.3, -0.25) is 4.79 Å². The number of carbonyl (C=O) groups excluding carboxylic acids is 1. The molecule has 0 N–H and O–H groups in total. The Labute approximate surface area is 150 Å². The van der Waals surface area contributed by atoms with E-state index in [9.17, 15) is 4.79 Å². The number of rotatable bonds is 8. The highest BCUT2D eigenvalue weighted by atomic mass is 16.8. The van der Waals surface area contributed by atoms with Crippen LogP contribution in [0, 0.1) is 0 Å². The fourth-order valence-corrected chi connectivity index (χ4v) is 3.23. The van der Waals surface area contributed by atoms with Crippen LogP contribution in [-0.2, 0) is 19.0 Å². The van der Waals surface area contributed by atoms with E-state index in [4.69, 9.17) is 18.9 Å². The molecule has 1 aromatic carbocycles. The van der Waals surface area contributed by atoms with Crippen LogP contribution in [0.4, 0.5) is 0 Å². The van der Waals surface area contributed by atoms with Crippen LogP contribution in [0.25, 0.3) is 0 Å². The lowest BCUT2D eigenvalue weighted by Crippen LogP contribution is -2.28. The number of hydrogen-bond acceptors (Lipinski definition) is 5. The monoisotopic (exact) mass is 350 g/mol. The number of esters is 1. The molecule has 0 amide bonds. The average Bonchev–Trinajstić information content (AvgIpc) is 2.62. The molecule has 0 spiro atoms. The van der Waals surface area contributed by atoms with Gasteiger partial charge in [0.2, 0.25) is 0 Å². The van der Waals surface area contributed by atoms with E-state index in [0.29, 0.717) is 6.42 Å². The second-order valence-electron chi connectivity index (χ2n) is 6.47. The third-order valence-corrected chi connectivity index (χ3v) is 4.58. The first-order valence-electron chi connectivity index (χ1n) is 9.17. The summed E-state index contributed by atoms with van der Waals surface area (Å²) in [6.45, 7) is 5.50. The molecule has 2 rings (SSSR count). The van der Waals surface area contributed by atoms with Crippen molar-refractivity contribution in [2.75, 3.05) is 7.11 Å². The molecule has 5 nitrogen and oxygen atoms in total. The lowest BCUT2D eigenvalue weighted by Gasteiger charge is -2.31. The van der Waals surface area contributed by atoms with Crippen LogP contribution in [0.2, 0.25) is 0 Å². The Bertz CT molecular complexity index is 545. The molecule has 0 aromatic heterocycles. The molecular weight excluding hydrogens is 320 g/mol. The largest absolute Gasteiger partial charge is 0.465 e. The zero-order valence-corrected chi connectivity index (χ0v) is 15.7. The van der Waals surface area contributed by atoms with Gasteiger partial charge in [-0.05, 0) is 50.8 Å². The maximum atomic E-state index is 11.7. The van der Waals surface area contributed by atoms with Gasteiger partial charge in [0.15, 0.2) is 12.6 Å². The lowest BCUT2D eigenvalue weighted by molar-refractivity contribution is -0.192. The fraction of sp³-hybridized carbons (Fsp3) is 0.650. The predicted octanol–water partition coefficient (Wildman–Crippen LogP) is 4.40. The van der Waals surface area contributed by atoms with Gasteiger partial charge >= 0.3 is 5.97 Å². The van der Waals surface area contributed by atoms with Crippen LogP contribution in [0.1, 0.15) is 64.4 Å². The Balaban J connectivity index is 2.06. The van der Waals surface area contributed by atoms with Gasteiger partial charge in [0.25, 0.3) is 0 Å². The van der Waals surface area contributed by atoms with Crippen LogP contribution in [0.5, 0.6) is 5.75 Å². The summed E-state index contributed by atoms with van der Waals surface area (Å²) in [5, 5.41) is 0. The SMILES string of the molecule is CCC(=O)OC1CCCCC1c1cccc(OC(C)OC(C)OC)c1. The molecule has 1 aliphatic rings. The van der Waals surface area contributed by atoms with E-state index in [-0.39, 0.29) is 24.3 Å². The van der Waals surface area contributed by atoms with Gasteiger partial charge in [0.1, 0.15) is 11.9 Å². The minimum atomic E-state index is -0.412. The van der Waals surface area contributed by atoms with Crippen molar-refractivity contribution in [1.29, 1.82) is 0 Å². The minimum Gasteiger partial charge on any atom is -0.465 e. The number of methoxy groups -OCH3 is 1. The smallest absolute Gasteiger partial charge is 0.305 e. The van der Waals surface area contributed by atoms with E-state index < -0.39 is 6.29 Å². The topological polar surface area (TPSA) is 54.0 Å². The van der Waals surface area contributed by atoms with Crippen molar-refractivity contribution in [3.8, 4) is 5.75 Å². The molecule has 0 aliphatic heterocycles. The highest BCUT2D eigenvalue weighted by Crippen LogP contribution is 2.36. The summed E-state index contributed by atoms with van der Waals surface area (Å²) in [6.07, 6.45) is 3.84. The first-order valence-corrected chi connectivity index (χ1v) is 9.17. The zero-order chi connectivity index (χ0) is 18.2. The second-order valence-corrected chi connectivity index (χ2v) is 6.47. The highest BCUT2D eigenvalue weighted by molar-refractivity contribution is 5.69. The van der Waals surface area contributed by atoms with E-state index in [0.717, 1.165) is 37.0 Å². The molecular formula is C20H30O5. The van der Waals surface area contributed by atoms with Gasteiger partial charge in [-0.2, -0.15) is 0 Å². The molecule has 5 heteroatoms. The van der Waals surface area contributed by atoms with Gasteiger partial charge in [-0.1, -0.05) is 25.5 Å². The molecule has 25 heavy (non-hydrogen) atoms. The highest BCUT2D eigenvalue weighted by Gasteiger charge is 2.29. The predicted molar refractivity (Wildman–Crippen MR) is 95.5 cm³/mol. The van der Waals surface area contributed by atoms with Crippen LogP contribution in [-0.4, -0.2) is 31.8 Å². The number of carbonyl (C=O) groups is 1. The van der Waals surface area contributed by atoms with E-state index in [1.165, 1.54) is 0 Å². The van der Waals surface area contributed by atoms with Crippen LogP contribution in [0.15, 0.2) is 24.3 Å². The first kappa shape index (κ1) is 19.7. The van der Waals surface area contributed by atoms with E-state index in [2.05, 4.69) is 6.07 Å². The summed E-state index contributed by atoms with van der Waals surface area (Å²) in [5.41, 5.74) is 1.15. The summed E-state index contributed by atoms with van der Waals surface area (Å²) in [7, 11) is 1.60. The van der Waals surface area contributed by atoms with Gasteiger partial charge < -0.3 is 18.9 Å². The number of benzene rings is 1. The molecule has 0 heterocycles. The molecule has 1 saturated carbocycles. The maximum absolute atomic E-state index is 11.7. The first-order chi connectivity index (χ1) is 12.0. The molecule has 1 fully saturated rings. The summed E-state index contributed by atoms with van der Waals surface area (Å²) in [4.78, 5) is 11.7. The van der Waals surface area contributed by atoms with Gasteiger partial charge in [0.05, 0.1) is 0 Å². The maximum Gasteiger partial charge on any atom is 0.305 e. The molecule has 1 aromatic rings. The second kappa shape index (κ2) is 9.78. The Hall–Kier alpha value is -1.59. The number of hydrogen-bond donors (Lipinski definition) is 0. The van der Waals surface area contributed by atoms with Crippen molar-refractivity contribution in [1.82, 2.24) is 0 Å². The minimum absolute atomic E-state index is 0.0429. The van der Waals surface area contributed by atoms with Gasteiger partial charge in [0, 0.05) is 19.4 Å². The molecule has 140 valence electrons. The Morgan fingerprint density at radius 2 is 1.96 bits per heavy atom. The number of ether oxygens (including phenoxy) is 4. The van der Waals surface area contributed by atoms with Crippen molar-refractivity contribution >= 4 is 5.97 Å². The standard InChI is InChI=1S/C20H30O5/c1-5-20(21)25-19-12-7-6-11-18(19)16-9-8-10-17(13-16)24-15(3)23-14(2)22-4/h8-10,13-15,18-19H,5-7,11-12H2,1-4H3. The van der Waals surface area contributed by atoms with Crippen LogP contribution < -0.4 is 4.74 Å². The Morgan fingerprint density at radius 1 is 1.20 bits per heavy atom. The third-order valence-electron chi connectivity index (χ3n) is 4.58. The fourth-order valence-electron chi connectivity index (χ4n) is 3.23. The van der Waals surface area contributed by atoms with Crippen molar-refractivity contribution < 1.29 is 23.7 Å². The van der Waals surface area contributed by atoms with Crippen LogP contribution in [0.3, 0.4) is 0 Å². The average molecular weight is 350 g/mol. The zero-order valence-electron chi connectivity index (χ0n) is 15.7. The molecule has 1 aliphatic carbocycles. The summed E-state index contributed by atoms with van der Waals surface area (Å²) in [6, 6.07) is 8.00. The Morgan fingerprint density at radius 3 is 2.68 bits per heavy atom. The third kappa shape index (κ3) is 6.01.